The molecule has 2 unspecified atom stereocenters. The first kappa shape index (κ1) is 13.6. The number of hydrogen-bond donors (Lipinski definition) is 2. The predicted molar refractivity (Wildman–Crippen MR) is 81.0 cm³/mol. The fourth-order valence-electron chi connectivity index (χ4n) is 2.63. The van der Waals surface area contributed by atoms with Gasteiger partial charge >= 0.3 is 0 Å². The third kappa shape index (κ3) is 2.73. The minimum atomic E-state index is -0.159. The second kappa shape index (κ2) is 5.95. The molecule has 0 fully saturated rings. The van der Waals surface area contributed by atoms with Crippen LogP contribution in [0.15, 0.2) is 53.4 Å². The number of hydrogen-bond acceptors (Lipinski definition) is 3. The molecule has 2 aromatic rings. The molecule has 0 spiro atoms. The summed E-state index contributed by atoms with van der Waals surface area (Å²) in [6, 6.07) is 15.4. The largest absolute Gasteiger partial charge is 0.271 e. The molecule has 1 aliphatic heterocycles. The van der Waals surface area contributed by atoms with Crippen molar-refractivity contribution in [1.29, 1.82) is 0 Å². The molecule has 2 atom stereocenters. The number of rotatable bonds is 4. The highest BCUT2D eigenvalue weighted by Gasteiger charge is 2.29. The molecule has 20 heavy (non-hydrogen) atoms. The minimum Gasteiger partial charge on any atom is -0.271 e. The Hall–Kier alpha value is -1.36. The van der Waals surface area contributed by atoms with Gasteiger partial charge < -0.3 is 0 Å². The van der Waals surface area contributed by atoms with Gasteiger partial charge in [0.15, 0.2) is 0 Å². The van der Waals surface area contributed by atoms with Gasteiger partial charge in [0.1, 0.15) is 5.82 Å². The van der Waals surface area contributed by atoms with Crippen molar-refractivity contribution in [3.63, 3.8) is 0 Å². The van der Waals surface area contributed by atoms with Crippen LogP contribution in [0.4, 0.5) is 4.39 Å². The Morgan fingerprint density at radius 2 is 1.95 bits per heavy atom. The molecule has 3 rings (SSSR count). The summed E-state index contributed by atoms with van der Waals surface area (Å²) >= 11 is 1.83. The number of fused-ring (bicyclic) bond motifs is 1. The number of benzene rings is 2. The summed E-state index contributed by atoms with van der Waals surface area (Å²) < 4.78 is 13.8. The van der Waals surface area contributed by atoms with E-state index in [9.17, 15) is 4.39 Å². The molecule has 0 radical (unpaired) electrons. The van der Waals surface area contributed by atoms with E-state index < -0.39 is 0 Å². The van der Waals surface area contributed by atoms with Crippen molar-refractivity contribution in [2.24, 2.45) is 5.84 Å². The van der Waals surface area contributed by atoms with Crippen molar-refractivity contribution in [3.05, 3.63) is 65.5 Å². The van der Waals surface area contributed by atoms with E-state index in [-0.39, 0.29) is 11.9 Å². The second-order valence-electron chi connectivity index (χ2n) is 5.04. The van der Waals surface area contributed by atoms with E-state index in [1.807, 2.05) is 23.9 Å². The molecule has 1 aliphatic rings. The van der Waals surface area contributed by atoms with E-state index in [2.05, 4.69) is 29.7 Å². The van der Waals surface area contributed by atoms with E-state index in [0.29, 0.717) is 17.2 Å². The van der Waals surface area contributed by atoms with Gasteiger partial charge in [-0.3, -0.25) is 11.3 Å². The molecular weight excluding hydrogens is 271 g/mol. The fourth-order valence-corrected chi connectivity index (χ4v) is 4.02. The van der Waals surface area contributed by atoms with Crippen molar-refractivity contribution in [3.8, 4) is 0 Å². The Bertz CT molecular complexity index is 578. The van der Waals surface area contributed by atoms with Crippen molar-refractivity contribution < 1.29 is 4.39 Å². The summed E-state index contributed by atoms with van der Waals surface area (Å²) in [6.45, 7) is 0. The van der Waals surface area contributed by atoms with Gasteiger partial charge in [-0.05, 0) is 36.1 Å². The van der Waals surface area contributed by atoms with E-state index >= 15 is 0 Å². The molecule has 3 N–H and O–H groups in total. The third-order valence-electron chi connectivity index (χ3n) is 3.73. The molecule has 4 heteroatoms. The van der Waals surface area contributed by atoms with Crippen molar-refractivity contribution in [2.75, 3.05) is 0 Å². The van der Waals surface area contributed by atoms with E-state index in [4.69, 9.17) is 5.84 Å². The lowest BCUT2D eigenvalue weighted by Gasteiger charge is -2.22. The first-order chi connectivity index (χ1) is 9.78. The lowest BCUT2D eigenvalue weighted by Crippen LogP contribution is -2.44. The average Bonchev–Trinajstić information content (AvgIpc) is 2.90. The van der Waals surface area contributed by atoms with E-state index in [0.717, 1.165) is 6.42 Å². The van der Waals surface area contributed by atoms with Crippen LogP contribution in [-0.2, 0) is 12.8 Å². The number of thioether (sulfide) groups is 1. The van der Waals surface area contributed by atoms with Crippen LogP contribution in [0, 0.1) is 5.82 Å². The van der Waals surface area contributed by atoms with Gasteiger partial charge in [0.05, 0.1) is 0 Å². The first-order valence-corrected chi connectivity index (χ1v) is 7.60. The molecule has 0 aromatic heterocycles. The van der Waals surface area contributed by atoms with E-state index in [1.165, 1.54) is 16.5 Å². The third-order valence-corrected chi connectivity index (χ3v) is 5.18. The van der Waals surface area contributed by atoms with Crippen LogP contribution in [-0.4, -0.2) is 11.3 Å². The monoisotopic (exact) mass is 288 g/mol. The van der Waals surface area contributed by atoms with Crippen molar-refractivity contribution in [2.45, 2.75) is 29.0 Å². The lowest BCUT2D eigenvalue weighted by molar-refractivity contribution is 0.493. The lowest BCUT2D eigenvalue weighted by atomic mass is 9.99. The zero-order chi connectivity index (χ0) is 13.9. The van der Waals surface area contributed by atoms with Gasteiger partial charge in [-0.25, -0.2) is 4.39 Å². The van der Waals surface area contributed by atoms with Gasteiger partial charge in [0.25, 0.3) is 0 Å². The Labute approximate surface area is 122 Å². The summed E-state index contributed by atoms with van der Waals surface area (Å²) in [6.07, 6.45) is 1.58. The molecule has 104 valence electrons. The zero-order valence-electron chi connectivity index (χ0n) is 11.1. The van der Waals surface area contributed by atoms with Gasteiger partial charge in [0.2, 0.25) is 0 Å². The Morgan fingerprint density at radius 3 is 2.70 bits per heavy atom. The predicted octanol–water partition coefficient (Wildman–Crippen LogP) is 2.92. The van der Waals surface area contributed by atoms with Gasteiger partial charge in [-0.2, -0.15) is 0 Å². The van der Waals surface area contributed by atoms with Crippen LogP contribution < -0.4 is 11.3 Å². The number of nitrogens with one attached hydrogen (secondary N) is 1. The Morgan fingerprint density at radius 1 is 1.20 bits per heavy atom. The fraction of sp³-hybridized carbons (Fsp3) is 0.250. The maximum Gasteiger partial charge on any atom is 0.126 e. The summed E-state index contributed by atoms with van der Waals surface area (Å²) in [5.41, 5.74) is 4.94. The number of hydrazine groups is 1. The molecule has 1 heterocycles. The van der Waals surface area contributed by atoms with Crippen molar-refractivity contribution in [1.82, 2.24) is 5.43 Å². The summed E-state index contributed by atoms with van der Waals surface area (Å²) in [4.78, 5) is 1.31. The van der Waals surface area contributed by atoms with Crippen LogP contribution in [0.2, 0.25) is 0 Å². The zero-order valence-corrected chi connectivity index (χ0v) is 11.9. The normalized spacial score (nSPS) is 18.8. The minimum absolute atomic E-state index is 0.0595. The highest BCUT2D eigenvalue weighted by molar-refractivity contribution is 8.00. The number of halogens is 1. The topological polar surface area (TPSA) is 38.0 Å². The summed E-state index contributed by atoms with van der Waals surface area (Å²) in [5.74, 6) is 5.54. The van der Waals surface area contributed by atoms with Crippen LogP contribution in [0.3, 0.4) is 0 Å². The maximum absolute atomic E-state index is 13.8. The molecule has 0 bridgehead atoms. The number of nitrogens with two attached hydrogens (primary N) is 1. The molecule has 2 nitrogen and oxygen atoms in total. The highest BCUT2D eigenvalue weighted by Crippen LogP contribution is 2.38. The molecule has 0 amide bonds. The molecule has 0 saturated carbocycles. The smallest absolute Gasteiger partial charge is 0.126 e. The quantitative estimate of drug-likeness (QED) is 0.671. The molecule has 0 aliphatic carbocycles. The standard InChI is InChI=1S/C16H17FN2S/c17-13-7-3-1-5-11(13)9-14(19-18)16-10-12-6-2-4-8-15(12)20-16/h1-8,14,16,19H,9-10,18H2. The van der Waals surface area contributed by atoms with Crippen LogP contribution in [0.1, 0.15) is 11.1 Å². The van der Waals surface area contributed by atoms with Crippen LogP contribution in [0.25, 0.3) is 0 Å². The average molecular weight is 288 g/mol. The van der Waals surface area contributed by atoms with Gasteiger partial charge in [-0.15, -0.1) is 11.8 Å². The molecular formula is C16H17FN2S. The van der Waals surface area contributed by atoms with Gasteiger partial charge in [0, 0.05) is 16.2 Å². The van der Waals surface area contributed by atoms with Crippen LogP contribution in [0.5, 0.6) is 0 Å². The maximum atomic E-state index is 13.8. The molecule has 2 aromatic carbocycles. The van der Waals surface area contributed by atoms with Crippen LogP contribution >= 0.6 is 11.8 Å². The first-order valence-electron chi connectivity index (χ1n) is 6.72. The Balaban J connectivity index is 1.74. The van der Waals surface area contributed by atoms with Gasteiger partial charge in [-0.1, -0.05) is 36.4 Å². The SMILES string of the molecule is NNC(Cc1ccccc1F)C1Cc2ccccc2S1. The van der Waals surface area contributed by atoms with E-state index in [1.54, 1.807) is 6.07 Å². The highest BCUT2D eigenvalue weighted by atomic mass is 32.2. The Kier molecular flexibility index (Phi) is 4.05. The molecule has 0 saturated heterocycles. The van der Waals surface area contributed by atoms with Crippen molar-refractivity contribution >= 4 is 11.8 Å². The summed E-state index contributed by atoms with van der Waals surface area (Å²) in [7, 11) is 0. The second-order valence-corrected chi connectivity index (χ2v) is 6.32. The summed E-state index contributed by atoms with van der Waals surface area (Å²) in [5, 5.41) is 0.344.